The van der Waals surface area contributed by atoms with E-state index >= 15 is 0 Å². The molecule has 18 heavy (non-hydrogen) atoms. The summed E-state index contributed by atoms with van der Waals surface area (Å²) >= 11 is 6.06. The number of cyclic esters (lactones) is 1. The summed E-state index contributed by atoms with van der Waals surface area (Å²) in [5.74, 6) is -0.310. The Kier molecular flexibility index (Phi) is 2.68. The zero-order valence-electron chi connectivity index (χ0n) is 9.39. The van der Waals surface area contributed by atoms with Crippen molar-refractivity contribution in [3.8, 4) is 0 Å². The average Bonchev–Trinajstić information content (AvgIpc) is 2.70. The molecule has 1 aliphatic rings. The molecule has 0 aliphatic carbocycles. The fraction of sp³-hybridized carbons (Fsp3) is 0.0714. The van der Waals surface area contributed by atoms with E-state index in [1.807, 2.05) is 36.4 Å². The van der Waals surface area contributed by atoms with E-state index in [0.29, 0.717) is 10.6 Å². The summed E-state index contributed by atoms with van der Waals surface area (Å²) in [6.45, 7) is 0. The summed E-state index contributed by atoms with van der Waals surface area (Å²) in [6, 6.07) is 14.7. The number of nitrogens with one attached hydrogen (secondary N) is 1. The Bertz CT molecular complexity index is 612. The maximum Gasteiger partial charge on any atom is 0.340 e. The van der Waals surface area contributed by atoms with E-state index in [1.165, 1.54) is 0 Å². The highest BCUT2D eigenvalue weighted by molar-refractivity contribution is 6.33. The van der Waals surface area contributed by atoms with Crippen molar-refractivity contribution in [3.63, 3.8) is 0 Å². The first-order valence-electron chi connectivity index (χ1n) is 5.56. The minimum absolute atomic E-state index is 0.310. The summed E-state index contributed by atoms with van der Waals surface area (Å²) in [6.07, 6.45) is -0.478. The van der Waals surface area contributed by atoms with E-state index in [0.717, 1.165) is 11.3 Å². The van der Waals surface area contributed by atoms with Crippen LogP contribution in [-0.4, -0.2) is 5.97 Å². The van der Waals surface area contributed by atoms with Crippen molar-refractivity contribution in [1.29, 1.82) is 0 Å². The van der Waals surface area contributed by atoms with Gasteiger partial charge in [-0.25, -0.2) is 4.79 Å². The second kappa shape index (κ2) is 4.35. The second-order valence-corrected chi connectivity index (χ2v) is 4.40. The van der Waals surface area contributed by atoms with E-state index in [9.17, 15) is 4.79 Å². The van der Waals surface area contributed by atoms with Gasteiger partial charge in [0.1, 0.15) is 0 Å². The fourth-order valence-corrected chi connectivity index (χ4v) is 2.16. The Hall–Kier alpha value is -2.00. The summed E-state index contributed by atoms with van der Waals surface area (Å²) in [5.41, 5.74) is 2.18. The van der Waals surface area contributed by atoms with Crippen LogP contribution >= 0.6 is 11.6 Å². The first-order chi connectivity index (χ1) is 8.75. The number of esters is 1. The SMILES string of the molecule is O=C1OC(Nc2ccccc2Cl)c2ccccc21. The molecule has 4 heteroatoms. The van der Waals surface area contributed by atoms with E-state index < -0.39 is 6.23 Å². The van der Waals surface area contributed by atoms with Crippen LogP contribution in [0.5, 0.6) is 0 Å². The number of ether oxygens (including phenoxy) is 1. The molecule has 1 heterocycles. The number of anilines is 1. The molecule has 0 fully saturated rings. The predicted octanol–water partition coefficient (Wildman–Crippen LogP) is 3.62. The molecular weight excluding hydrogens is 250 g/mol. The van der Waals surface area contributed by atoms with Gasteiger partial charge in [0.2, 0.25) is 6.23 Å². The van der Waals surface area contributed by atoms with Gasteiger partial charge in [-0.3, -0.25) is 0 Å². The molecule has 0 radical (unpaired) electrons. The standard InChI is InChI=1S/C14H10ClNO2/c15-11-7-3-4-8-12(11)16-13-9-5-1-2-6-10(9)14(17)18-13/h1-8,13,16H. The normalized spacial score (nSPS) is 17.2. The van der Waals surface area contributed by atoms with E-state index in [2.05, 4.69) is 5.32 Å². The lowest BCUT2D eigenvalue weighted by Crippen LogP contribution is -2.10. The van der Waals surface area contributed by atoms with Crippen molar-refractivity contribution in [1.82, 2.24) is 0 Å². The van der Waals surface area contributed by atoms with Gasteiger partial charge in [0.25, 0.3) is 0 Å². The number of carbonyl (C=O) groups is 1. The Morgan fingerprint density at radius 2 is 1.78 bits per heavy atom. The number of rotatable bonds is 2. The van der Waals surface area contributed by atoms with Crippen molar-refractivity contribution in [2.75, 3.05) is 5.32 Å². The molecule has 3 rings (SSSR count). The molecular formula is C14H10ClNO2. The van der Waals surface area contributed by atoms with E-state index in [1.54, 1.807) is 12.1 Å². The van der Waals surface area contributed by atoms with Crippen LogP contribution in [0.1, 0.15) is 22.1 Å². The molecule has 90 valence electrons. The van der Waals surface area contributed by atoms with Crippen LogP contribution in [0.3, 0.4) is 0 Å². The van der Waals surface area contributed by atoms with Gasteiger partial charge in [0.05, 0.1) is 16.3 Å². The molecule has 2 aromatic carbocycles. The molecule has 0 aromatic heterocycles. The number of fused-ring (bicyclic) bond motifs is 1. The fourth-order valence-electron chi connectivity index (χ4n) is 1.97. The Morgan fingerprint density at radius 1 is 1.06 bits per heavy atom. The third kappa shape index (κ3) is 1.83. The van der Waals surface area contributed by atoms with Crippen LogP contribution in [0.2, 0.25) is 5.02 Å². The number of para-hydroxylation sites is 1. The number of halogens is 1. The monoisotopic (exact) mass is 259 g/mol. The number of benzene rings is 2. The highest BCUT2D eigenvalue weighted by atomic mass is 35.5. The molecule has 3 nitrogen and oxygen atoms in total. The van der Waals surface area contributed by atoms with Crippen molar-refractivity contribution >= 4 is 23.3 Å². The summed E-state index contributed by atoms with van der Waals surface area (Å²) in [4.78, 5) is 11.7. The second-order valence-electron chi connectivity index (χ2n) is 4.00. The lowest BCUT2D eigenvalue weighted by atomic mass is 10.1. The Labute approximate surface area is 109 Å². The van der Waals surface area contributed by atoms with Crippen LogP contribution in [-0.2, 0) is 4.74 Å². The van der Waals surface area contributed by atoms with Crippen LogP contribution in [0.4, 0.5) is 5.69 Å². The van der Waals surface area contributed by atoms with Crippen LogP contribution in [0.25, 0.3) is 0 Å². The van der Waals surface area contributed by atoms with Crippen molar-refractivity contribution in [3.05, 3.63) is 64.7 Å². The van der Waals surface area contributed by atoms with Crippen LogP contribution < -0.4 is 5.32 Å². The molecule has 1 unspecified atom stereocenters. The maximum absolute atomic E-state index is 11.7. The lowest BCUT2D eigenvalue weighted by Gasteiger charge is -2.15. The van der Waals surface area contributed by atoms with Crippen molar-refractivity contribution < 1.29 is 9.53 Å². The summed E-state index contributed by atoms with van der Waals surface area (Å²) in [7, 11) is 0. The van der Waals surface area contributed by atoms with Crippen LogP contribution in [0, 0.1) is 0 Å². The van der Waals surface area contributed by atoms with Gasteiger partial charge >= 0.3 is 5.97 Å². The third-order valence-electron chi connectivity index (χ3n) is 2.85. The van der Waals surface area contributed by atoms with Crippen LogP contribution in [0.15, 0.2) is 48.5 Å². The molecule has 0 saturated carbocycles. The van der Waals surface area contributed by atoms with Gasteiger partial charge in [-0.1, -0.05) is 41.9 Å². The van der Waals surface area contributed by atoms with Gasteiger partial charge < -0.3 is 10.1 Å². The Balaban J connectivity index is 1.92. The van der Waals surface area contributed by atoms with Gasteiger partial charge in [-0.05, 0) is 18.2 Å². The largest absolute Gasteiger partial charge is 0.434 e. The molecule has 0 spiro atoms. The molecule has 1 atom stereocenters. The number of hydrogen-bond acceptors (Lipinski definition) is 3. The first kappa shape index (κ1) is 11.1. The highest BCUT2D eigenvalue weighted by Gasteiger charge is 2.30. The number of carbonyl (C=O) groups excluding carboxylic acids is 1. The zero-order chi connectivity index (χ0) is 12.5. The molecule has 0 bridgehead atoms. The predicted molar refractivity (Wildman–Crippen MR) is 69.7 cm³/mol. The van der Waals surface area contributed by atoms with Gasteiger partial charge in [0.15, 0.2) is 0 Å². The smallest absolute Gasteiger partial charge is 0.340 e. The van der Waals surface area contributed by atoms with Crippen molar-refractivity contribution in [2.45, 2.75) is 6.23 Å². The van der Waals surface area contributed by atoms with E-state index in [4.69, 9.17) is 16.3 Å². The number of hydrogen-bond donors (Lipinski definition) is 1. The molecule has 2 aromatic rings. The Morgan fingerprint density at radius 3 is 2.61 bits per heavy atom. The molecule has 0 saturated heterocycles. The van der Waals surface area contributed by atoms with E-state index in [-0.39, 0.29) is 5.97 Å². The topological polar surface area (TPSA) is 38.3 Å². The zero-order valence-corrected chi connectivity index (χ0v) is 10.1. The van der Waals surface area contributed by atoms with Gasteiger partial charge in [-0.15, -0.1) is 0 Å². The molecule has 1 N–H and O–H groups in total. The quantitative estimate of drug-likeness (QED) is 0.837. The first-order valence-corrected chi connectivity index (χ1v) is 5.94. The summed E-state index contributed by atoms with van der Waals surface area (Å²) < 4.78 is 5.28. The molecule has 0 amide bonds. The minimum Gasteiger partial charge on any atom is -0.434 e. The highest BCUT2D eigenvalue weighted by Crippen LogP contribution is 2.33. The maximum atomic E-state index is 11.7. The lowest BCUT2D eigenvalue weighted by molar-refractivity contribution is 0.0437. The third-order valence-corrected chi connectivity index (χ3v) is 3.18. The summed E-state index contributed by atoms with van der Waals surface area (Å²) in [5, 5.41) is 3.72. The van der Waals surface area contributed by atoms with Gasteiger partial charge in [-0.2, -0.15) is 0 Å². The van der Waals surface area contributed by atoms with Crippen molar-refractivity contribution in [2.24, 2.45) is 0 Å². The molecule has 1 aliphatic heterocycles. The minimum atomic E-state index is -0.478. The average molecular weight is 260 g/mol. The van der Waals surface area contributed by atoms with Gasteiger partial charge in [0, 0.05) is 5.56 Å².